The number of methoxy groups -OCH3 is 2. The topological polar surface area (TPSA) is 74.2 Å². The molecule has 0 spiro atoms. The van der Waals surface area contributed by atoms with E-state index in [1.54, 1.807) is 104 Å². The van der Waals surface area contributed by atoms with Gasteiger partial charge in [0, 0.05) is 30.8 Å². The largest absolute Gasteiger partial charge is 0.507 e. The number of aromatic hydroxyl groups is 1. The standard InChI is InChI=1S/C42H32F5O6P/c1-4-13-28(48)24-22-27(34-35(43)37(45)39(47)38(46)36(34)44)40(49)33(23-24)54(41-29(50-2)18-11-19-30(41)51-3)42-31(52-25-14-7-5-8-15-25)20-12-21-32(42)53-26-16-9-6-10-17-26/h5-12,14-23,49H,4,13H2,1-3H3. The number of hydrogen-bond donors (Lipinski definition) is 1. The summed E-state index contributed by atoms with van der Waals surface area (Å²) in [6, 6.07) is 29.6. The monoisotopic (exact) mass is 758 g/mol. The summed E-state index contributed by atoms with van der Waals surface area (Å²) >= 11 is 0. The van der Waals surface area contributed by atoms with Crippen LogP contribution in [0.15, 0.2) is 109 Å². The van der Waals surface area contributed by atoms with E-state index in [1.807, 2.05) is 0 Å². The minimum atomic E-state index is -2.37. The first-order valence-corrected chi connectivity index (χ1v) is 18.0. The van der Waals surface area contributed by atoms with Gasteiger partial charge in [-0.25, -0.2) is 22.0 Å². The predicted octanol–water partition coefficient (Wildman–Crippen LogP) is 10.1. The molecule has 276 valence electrons. The first-order valence-electron chi connectivity index (χ1n) is 16.6. The van der Waals surface area contributed by atoms with Crippen LogP contribution < -0.4 is 34.9 Å². The Morgan fingerprint density at radius 1 is 0.611 bits per heavy atom. The van der Waals surface area contributed by atoms with E-state index in [0.717, 1.165) is 6.07 Å². The van der Waals surface area contributed by atoms with Crippen molar-refractivity contribution in [1.29, 1.82) is 0 Å². The Kier molecular flexibility index (Phi) is 11.5. The molecule has 0 aliphatic rings. The number of ketones is 1. The molecule has 54 heavy (non-hydrogen) atoms. The number of hydrogen-bond acceptors (Lipinski definition) is 6. The molecule has 0 amide bonds. The van der Waals surface area contributed by atoms with Crippen LogP contribution in [0.2, 0.25) is 0 Å². The molecule has 0 aliphatic carbocycles. The van der Waals surface area contributed by atoms with Crippen molar-refractivity contribution in [3.05, 3.63) is 144 Å². The highest BCUT2D eigenvalue weighted by molar-refractivity contribution is 7.80. The lowest BCUT2D eigenvalue weighted by atomic mass is 9.97. The number of para-hydroxylation sites is 2. The lowest BCUT2D eigenvalue weighted by molar-refractivity contribution is 0.0982. The molecular formula is C42H32F5O6P. The van der Waals surface area contributed by atoms with E-state index in [0.29, 0.717) is 23.2 Å². The summed E-state index contributed by atoms with van der Waals surface area (Å²) in [5.74, 6) is -10.9. The molecule has 0 saturated carbocycles. The van der Waals surface area contributed by atoms with E-state index in [9.17, 15) is 23.1 Å². The number of ether oxygens (including phenoxy) is 4. The number of carbonyl (C=O) groups excluding carboxylic acids is 1. The third kappa shape index (κ3) is 7.32. The number of benzene rings is 6. The minimum Gasteiger partial charge on any atom is -0.507 e. The average molecular weight is 759 g/mol. The van der Waals surface area contributed by atoms with E-state index in [1.165, 1.54) is 20.3 Å². The number of Topliss-reactive ketones (excluding diaryl/α,β-unsaturated/α-hetero) is 1. The minimum absolute atomic E-state index is 0.0350. The lowest BCUT2D eigenvalue weighted by Crippen LogP contribution is -2.26. The second kappa shape index (κ2) is 16.4. The Balaban J connectivity index is 1.79. The van der Waals surface area contributed by atoms with Crippen molar-refractivity contribution in [1.82, 2.24) is 0 Å². The number of phenols is 1. The lowest BCUT2D eigenvalue weighted by Gasteiger charge is -2.28. The Morgan fingerprint density at radius 2 is 1.06 bits per heavy atom. The van der Waals surface area contributed by atoms with Crippen molar-refractivity contribution >= 4 is 29.6 Å². The second-order valence-corrected chi connectivity index (χ2v) is 13.8. The van der Waals surface area contributed by atoms with Crippen LogP contribution in [-0.2, 0) is 0 Å². The van der Waals surface area contributed by atoms with Crippen LogP contribution in [0.5, 0.6) is 40.2 Å². The van der Waals surface area contributed by atoms with Gasteiger partial charge in [0.15, 0.2) is 29.1 Å². The van der Waals surface area contributed by atoms with E-state index in [4.69, 9.17) is 18.9 Å². The van der Waals surface area contributed by atoms with Gasteiger partial charge in [0.05, 0.1) is 30.4 Å². The Labute approximate surface area is 309 Å². The van der Waals surface area contributed by atoms with Gasteiger partial charge in [0.1, 0.15) is 40.2 Å². The summed E-state index contributed by atoms with van der Waals surface area (Å²) < 4.78 is 99.5. The fourth-order valence-electron chi connectivity index (χ4n) is 5.88. The first-order chi connectivity index (χ1) is 26.1. The van der Waals surface area contributed by atoms with E-state index in [-0.39, 0.29) is 45.6 Å². The van der Waals surface area contributed by atoms with E-state index >= 15 is 8.78 Å². The molecule has 1 atom stereocenters. The summed E-state index contributed by atoms with van der Waals surface area (Å²) in [6.45, 7) is 1.74. The van der Waals surface area contributed by atoms with Crippen molar-refractivity contribution in [2.45, 2.75) is 19.8 Å². The average Bonchev–Trinajstić information content (AvgIpc) is 3.19. The zero-order valence-corrected chi connectivity index (χ0v) is 30.0. The smallest absolute Gasteiger partial charge is 0.200 e. The fourth-order valence-corrected chi connectivity index (χ4v) is 8.64. The van der Waals surface area contributed by atoms with Crippen molar-refractivity contribution in [2.75, 3.05) is 14.2 Å². The SMILES string of the molecule is CCCC(=O)c1cc(-c2c(F)c(F)c(F)c(F)c2F)c(O)c(P(c2c(OC)cccc2OC)c2c(Oc3ccccc3)cccc2Oc2ccccc2)c1. The van der Waals surface area contributed by atoms with Crippen molar-refractivity contribution in [3.63, 3.8) is 0 Å². The van der Waals surface area contributed by atoms with E-state index < -0.39 is 59.7 Å². The normalized spacial score (nSPS) is 11.6. The van der Waals surface area contributed by atoms with Gasteiger partial charge < -0.3 is 24.1 Å². The summed E-state index contributed by atoms with van der Waals surface area (Å²) in [5, 5.41) is 12.7. The van der Waals surface area contributed by atoms with Crippen LogP contribution in [0.25, 0.3) is 11.1 Å². The molecule has 6 aromatic rings. The maximum atomic E-state index is 15.6. The molecule has 0 heterocycles. The first kappa shape index (κ1) is 37.8. The van der Waals surface area contributed by atoms with Crippen molar-refractivity contribution in [3.8, 4) is 51.4 Å². The maximum Gasteiger partial charge on any atom is 0.200 e. The summed E-state index contributed by atoms with van der Waals surface area (Å²) in [4.78, 5) is 13.6. The molecule has 0 aromatic heterocycles. The van der Waals surface area contributed by atoms with Crippen LogP contribution in [0.3, 0.4) is 0 Å². The number of halogens is 5. The summed E-state index contributed by atoms with van der Waals surface area (Å²) in [5.41, 5.74) is -2.36. The Hall–Kier alpha value is -5.93. The molecule has 0 aliphatic heterocycles. The van der Waals surface area contributed by atoms with Gasteiger partial charge in [-0.2, -0.15) is 0 Å². The van der Waals surface area contributed by atoms with Crippen molar-refractivity contribution in [2.24, 2.45) is 0 Å². The molecule has 12 heteroatoms. The zero-order valence-electron chi connectivity index (χ0n) is 29.1. The second-order valence-electron chi connectivity index (χ2n) is 11.8. The quantitative estimate of drug-likeness (QED) is 0.0416. The summed E-state index contributed by atoms with van der Waals surface area (Å²) in [6.07, 6.45) is 0.331. The number of phenolic OH excluding ortho intramolecular Hbond substituents is 1. The predicted molar refractivity (Wildman–Crippen MR) is 197 cm³/mol. The van der Waals surface area contributed by atoms with Crippen LogP contribution in [0.4, 0.5) is 22.0 Å². The molecule has 6 rings (SSSR count). The zero-order chi connectivity index (χ0) is 38.5. The highest BCUT2D eigenvalue weighted by Gasteiger charge is 2.36. The Morgan fingerprint density at radius 3 is 1.52 bits per heavy atom. The molecule has 0 bridgehead atoms. The van der Waals surface area contributed by atoms with Gasteiger partial charge in [-0.1, -0.05) is 55.5 Å². The van der Waals surface area contributed by atoms with Gasteiger partial charge in [-0.15, -0.1) is 0 Å². The number of rotatable bonds is 13. The summed E-state index contributed by atoms with van der Waals surface area (Å²) in [7, 11) is 0.447. The fraction of sp³-hybridized carbons (Fsp3) is 0.119. The third-order valence-electron chi connectivity index (χ3n) is 8.36. The third-order valence-corrected chi connectivity index (χ3v) is 11.0. The van der Waals surface area contributed by atoms with Crippen LogP contribution in [-0.4, -0.2) is 25.1 Å². The van der Waals surface area contributed by atoms with Crippen LogP contribution in [0.1, 0.15) is 30.1 Å². The Bertz CT molecular complexity index is 2210. The van der Waals surface area contributed by atoms with Crippen LogP contribution in [0, 0.1) is 29.1 Å². The van der Waals surface area contributed by atoms with Gasteiger partial charge in [0.25, 0.3) is 0 Å². The molecule has 0 saturated heterocycles. The molecular weight excluding hydrogens is 726 g/mol. The molecule has 6 nitrogen and oxygen atoms in total. The highest BCUT2D eigenvalue weighted by Crippen LogP contribution is 2.51. The van der Waals surface area contributed by atoms with Crippen LogP contribution >= 0.6 is 7.92 Å². The van der Waals surface area contributed by atoms with Crippen molar-refractivity contribution < 1.29 is 50.8 Å². The van der Waals surface area contributed by atoms with Gasteiger partial charge in [-0.05, 0) is 67.1 Å². The number of carbonyl (C=O) groups is 1. The maximum absolute atomic E-state index is 15.6. The molecule has 0 fully saturated rings. The molecule has 1 unspecified atom stereocenters. The van der Waals surface area contributed by atoms with Gasteiger partial charge in [0.2, 0.25) is 5.82 Å². The van der Waals surface area contributed by atoms with Gasteiger partial charge >= 0.3 is 0 Å². The molecule has 1 N–H and O–H groups in total. The van der Waals surface area contributed by atoms with Gasteiger partial charge in [-0.3, -0.25) is 4.79 Å². The highest BCUT2D eigenvalue weighted by atomic mass is 31.1. The molecule has 6 aromatic carbocycles. The van der Waals surface area contributed by atoms with E-state index in [2.05, 4.69) is 0 Å². The molecule has 0 radical (unpaired) electrons.